The summed E-state index contributed by atoms with van der Waals surface area (Å²) in [5.74, 6) is 1.00. The third-order valence-corrected chi connectivity index (χ3v) is 3.57. The molecular weight excluding hydrogens is 328 g/mol. The van der Waals surface area contributed by atoms with Crippen LogP contribution in [0.3, 0.4) is 0 Å². The van der Waals surface area contributed by atoms with Gasteiger partial charge in [-0.05, 0) is 0 Å². The van der Waals surface area contributed by atoms with Crippen LogP contribution in [0, 0.1) is 10.1 Å². The second-order valence-corrected chi connectivity index (χ2v) is 5.39. The summed E-state index contributed by atoms with van der Waals surface area (Å²) in [6, 6.07) is 17.6. The van der Waals surface area contributed by atoms with Crippen molar-refractivity contribution in [1.29, 1.82) is 0 Å². The van der Waals surface area contributed by atoms with Gasteiger partial charge in [-0.15, -0.1) is 0 Å². The van der Waals surface area contributed by atoms with Crippen LogP contribution in [0.4, 0.5) is 11.5 Å². The van der Waals surface area contributed by atoms with Crippen molar-refractivity contribution in [2.24, 2.45) is 0 Å². The average molecular weight is 341 g/mol. The number of halogens is 1. The van der Waals surface area contributed by atoms with Crippen molar-refractivity contribution in [3.05, 3.63) is 81.5 Å². The fourth-order valence-electron chi connectivity index (χ4n) is 2.25. The summed E-state index contributed by atoms with van der Waals surface area (Å²) in [5.41, 5.74) is 1.47. The molecular formula is C17H13ClN4O2. The third-order valence-electron chi connectivity index (χ3n) is 3.38. The van der Waals surface area contributed by atoms with E-state index < -0.39 is 4.92 Å². The molecule has 0 spiro atoms. The quantitative estimate of drug-likeness (QED) is 0.425. The molecule has 7 heteroatoms. The molecule has 0 unspecified atom stereocenters. The van der Waals surface area contributed by atoms with Crippen LogP contribution in [0.5, 0.6) is 0 Å². The van der Waals surface area contributed by atoms with Gasteiger partial charge in [-0.1, -0.05) is 60.1 Å². The number of nitro benzene ring substituents is 1. The van der Waals surface area contributed by atoms with E-state index in [1.807, 2.05) is 30.3 Å². The van der Waals surface area contributed by atoms with Gasteiger partial charge in [0.15, 0.2) is 5.82 Å². The van der Waals surface area contributed by atoms with Crippen LogP contribution in [-0.4, -0.2) is 14.9 Å². The molecule has 0 saturated heterocycles. The molecule has 0 radical (unpaired) electrons. The highest BCUT2D eigenvalue weighted by molar-refractivity contribution is 6.29. The zero-order chi connectivity index (χ0) is 16.9. The Bertz CT molecular complexity index is 871. The standard InChI is InChI=1S/C17H13ClN4O2/c18-15-10-16(21-17(20-15)12-6-2-1-3-7-12)19-11-13-8-4-5-9-14(13)22(23)24/h1-10H,11H2,(H,19,20,21). The highest BCUT2D eigenvalue weighted by Crippen LogP contribution is 2.22. The van der Waals surface area contributed by atoms with E-state index in [1.54, 1.807) is 24.3 Å². The summed E-state index contributed by atoms with van der Waals surface area (Å²) in [6.07, 6.45) is 0. The summed E-state index contributed by atoms with van der Waals surface area (Å²) >= 11 is 6.06. The number of anilines is 1. The molecule has 1 N–H and O–H groups in total. The second kappa shape index (κ2) is 7.06. The van der Waals surface area contributed by atoms with E-state index in [1.165, 1.54) is 6.07 Å². The fraction of sp³-hybridized carbons (Fsp3) is 0.0588. The van der Waals surface area contributed by atoms with Crippen LogP contribution in [0.2, 0.25) is 5.15 Å². The Balaban J connectivity index is 1.84. The Morgan fingerprint density at radius 2 is 1.75 bits per heavy atom. The number of hydrogen-bond acceptors (Lipinski definition) is 5. The Hall–Kier alpha value is -2.99. The molecule has 0 saturated carbocycles. The fourth-order valence-corrected chi connectivity index (χ4v) is 2.43. The van der Waals surface area contributed by atoms with Gasteiger partial charge in [-0.2, -0.15) is 0 Å². The minimum Gasteiger partial charge on any atom is -0.366 e. The van der Waals surface area contributed by atoms with Gasteiger partial charge in [0.1, 0.15) is 11.0 Å². The van der Waals surface area contributed by atoms with Gasteiger partial charge in [0, 0.05) is 29.8 Å². The van der Waals surface area contributed by atoms with Crippen LogP contribution in [-0.2, 0) is 6.54 Å². The number of rotatable bonds is 5. The van der Waals surface area contributed by atoms with Crippen LogP contribution >= 0.6 is 11.6 Å². The largest absolute Gasteiger partial charge is 0.366 e. The predicted octanol–water partition coefficient (Wildman–Crippen LogP) is 4.32. The maximum atomic E-state index is 11.1. The number of nitrogens with one attached hydrogen (secondary N) is 1. The third kappa shape index (κ3) is 3.67. The van der Waals surface area contributed by atoms with Gasteiger partial charge < -0.3 is 5.32 Å². The molecule has 120 valence electrons. The van der Waals surface area contributed by atoms with Crippen LogP contribution in [0.1, 0.15) is 5.56 Å². The summed E-state index contributed by atoms with van der Waals surface area (Å²) in [6.45, 7) is 0.263. The van der Waals surface area contributed by atoms with E-state index in [0.29, 0.717) is 22.4 Å². The van der Waals surface area contributed by atoms with Crippen molar-refractivity contribution < 1.29 is 4.92 Å². The molecule has 0 fully saturated rings. The van der Waals surface area contributed by atoms with Gasteiger partial charge in [-0.3, -0.25) is 10.1 Å². The first-order valence-electron chi connectivity index (χ1n) is 7.19. The molecule has 0 bridgehead atoms. The number of para-hydroxylation sites is 1. The van der Waals surface area contributed by atoms with Gasteiger partial charge in [0.25, 0.3) is 5.69 Å². The smallest absolute Gasteiger partial charge is 0.274 e. The van der Waals surface area contributed by atoms with Crippen LogP contribution in [0.15, 0.2) is 60.7 Å². The maximum absolute atomic E-state index is 11.1. The van der Waals surface area contributed by atoms with E-state index in [-0.39, 0.29) is 12.2 Å². The Morgan fingerprint density at radius 1 is 1.04 bits per heavy atom. The lowest BCUT2D eigenvalue weighted by Crippen LogP contribution is -2.05. The lowest BCUT2D eigenvalue weighted by molar-refractivity contribution is -0.385. The first kappa shape index (κ1) is 15.9. The molecule has 2 aromatic carbocycles. The topological polar surface area (TPSA) is 81.0 Å². The van der Waals surface area contributed by atoms with E-state index in [4.69, 9.17) is 11.6 Å². The zero-order valence-electron chi connectivity index (χ0n) is 12.5. The van der Waals surface area contributed by atoms with E-state index in [2.05, 4.69) is 15.3 Å². The maximum Gasteiger partial charge on any atom is 0.274 e. The SMILES string of the molecule is O=[N+]([O-])c1ccccc1CNc1cc(Cl)nc(-c2ccccc2)n1. The van der Waals surface area contributed by atoms with Crippen molar-refractivity contribution in [3.8, 4) is 11.4 Å². The van der Waals surface area contributed by atoms with Crippen LogP contribution in [0.25, 0.3) is 11.4 Å². The van der Waals surface area contributed by atoms with E-state index >= 15 is 0 Å². The van der Waals surface area contributed by atoms with Crippen molar-refractivity contribution in [3.63, 3.8) is 0 Å². The highest BCUT2D eigenvalue weighted by atomic mass is 35.5. The molecule has 6 nitrogen and oxygen atoms in total. The molecule has 0 aliphatic rings. The molecule has 0 aliphatic heterocycles. The van der Waals surface area contributed by atoms with E-state index in [0.717, 1.165) is 5.56 Å². The normalized spacial score (nSPS) is 10.4. The van der Waals surface area contributed by atoms with Gasteiger partial charge >= 0.3 is 0 Å². The molecule has 3 aromatic rings. The summed E-state index contributed by atoms with van der Waals surface area (Å²) < 4.78 is 0. The Labute approximate surface area is 143 Å². The minimum atomic E-state index is -0.403. The number of hydrogen-bond donors (Lipinski definition) is 1. The molecule has 1 heterocycles. The number of nitro groups is 1. The number of nitrogens with zero attached hydrogens (tertiary/aromatic N) is 3. The Kier molecular flexibility index (Phi) is 4.67. The lowest BCUT2D eigenvalue weighted by Gasteiger charge is -2.08. The zero-order valence-corrected chi connectivity index (χ0v) is 13.3. The molecule has 1 aromatic heterocycles. The average Bonchev–Trinajstić information content (AvgIpc) is 2.60. The van der Waals surface area contributed by atoms with Crippen molar-refractivity contribution in [2.75, 3.05) is 5.32 Å². The lowest BCUT2D eigenvalue weighted by atomic mass is 10.2. The van der Waals surface area contributed by atoms with Gasteiger partial charge in [0.2, 0.25) is 0 Å². The summed E-state index contributed by atoms with van der Waals surface area (Å²) in [7, 11) is 0. The molecule has 0 aliphatic carbocycles. The molecule has 24 heavy (non-hydrogen) atoms. The van der Waals surface area contributed by atoms with Crippen LogP contribution < -0.4 is 5.32 Å². The molecule has 0 amide bonds. The first-order valence-corrected chi connectivity index (χ1v) is 7.57. The highest BCUT2D eigenvalue weighted by Gasteiger charge is 2.12. The second-order valence-electron chi connectivity index (χ2n) is 5.00. The van der Waals surface area contributed by atoms with Gasteiger partial charge in [0.05, 0.1) is 4.92 Å². The van der Waals surface area contributed by atoms with Crippen molar-refractivity contribution in [1.82, 2.24) is 9.97 Å². The minimum absolute atomic E-state index is 0.0634. The van der Waals surface area contributed by atoms with Gasteiger partial charge in [-0.25, -0.2) is 9.97 Å². The first-order chi connectivity index (χ1) is 11.6. The Morgan fingerprint density at radius 3 is 2.50 bits per heavy atom. The predicted molar refractivity (Wildman–Crippen MR) is 92.9 cm³/mol. The molecule has 3 rings (SSSR count). The molecule has 0 atom stereocenters. The van der Waals surface area contributed by atoms with Crippen molar-refractivity contribution in [2.45, 2.75) is 6.54 Å². The summed E-state index contributed by atoms with van der Waals surface area (Å²) in [4.78, 5) is 19.3. The van der Waals surface area contributed by atoms with E-state index in [9.17, 15) is 10.1 Å². The van der Waals surface area contributed by atoms with Crippen molar-refractivity contribution >= 4 is 23.1 Å². The summed E-state index contributed by atoms with van der Waals surface area (Å²) in [5, 5.41) is 14.4. The number of benzene rings is 2. The number of aromatic nitrogens is 2. The monoisotopic (exact) mass is 340 g/mol.